The van der Waals surface area contributed by atoms with Gasteiger partial charge < -0.3 is 9.47 Å². The van der Waals surface area contributed by atoms with Crippen LogP contribution in [0.4, 0.5) is 8.78 Å². The first kappa shape index (κ1) is 10.0. The van der Waals surface area contributed by atoms with Crippen molar-refractivity contribution in [3.05, 3.63) is 35.4 Å². The third-order valence-electron chi connectivity index (χ3n) is 2.19. The van der Waals surface area contributed by atoms with Gasteiger partial charge in [0.05, 0.1) is 7.11 Å². The Balaban J connectivity index is 2.16. The second-order valence-corrected chi connectivity index (χ2v) is 3.17. The van der Waals surface area contributed by atoms with Crippen LogP contribution in [0.1, 0.15) is 11.7 Å². The first-order chi connectivity index (χ1) is 7.13. The standard InChI is InChI=1S/C10H8F2O3/c1-14-10(13)9-8(15-9)6-3-2-5(11)4-7(6)12/h2-4,8-9H,1H3. The fraction of sp³-hybridized carbons (Fsp3) is 0.300. The minimum absolute atomic E-state index is 0.173. The van der Waals surface area contributed by atoms with Gasteiger partial charge >= 0.3 is 5.97 Å². The molecule has 0 amide bonds. The highest BCUT2D eigenvalue weighted by Gasteiger charge is 2.48. The Morgan fingerprint density at radius 1 is 1.47 bits per heavy atom. The number of ether oxygens (including phenoxy) is 2. The minimum Gasteiger partial charge on any atom is -0.467 e. The van der Waals surface area contributed by atoms with Crippen LogP contribution < -0.4 is 0 Å². The van der Waals surface area contributed by atoms with Gasteiger partial charge in [-0.2, -0.15) is 0 Å². The molecular formula is C10H8F2O3. The predicted octanol–water partition coefficient (Wildman–Crippen LogP) is 1.58. The van der Waals surface area contributed by atoms with Crippen LogP contribution >= 0.6 is 0 Å². The average molecular weight is 214 g/mol. The van der Waals surface area contributed by atoms with E-state index in [9.17, 15) is 13.6 Å². The van der Waals surface area contributed by atoms with Gasteiger partial charge in [-0.3, -0.25) is 0 Å². The molecule has 1 aromatic rings. The van der Waals surface area contributed by atoms with Gasteiger partial charge in [-0.25, -0.2) is 13.6 Å². The fourth-order valence-electron chi connectivity index (χ4n) is 1.38. The van der Waals surface area contributed by atoms with Gasteiger partial charge in [0.15, 0.2) is 6.10 Å². The zero-order valence-electron chi connectivity index (χ0n) is 7.87. The molecule has 15 heavy (non-hydrogen) atoms. The van der Waals surface area contributed by atoms with Crippen molar-refractivity contribution < 1.29 is 23.0 Å². The number of epoxide rings is 1. The monoisotopic (exact) mass is 214 g/mol. The quantitative estimate of drug-likeness (QED) is 0.554. The molecule has 2 atom stereocenters. The number of benzene rings is 1. The summed E-state index contributed by atoms with van der Waals surface area (Å²) in [5, 5.41) is 0. The smallest absolute Gasteiger partial charge is 0.338 e. The molecule has 1 fully saturated rings. The van der Waals surface area contributed by atoms with Gasteiger partial charge in [0.2, 0.25) is 0 Å². The SMILES string of the molecule is COC(=O)C1OC1c1ccc(F)cc1F. The van der Waals surface area contributed by atoms with Crippen LogP contribution in [-0.4, -0.2) is 19.2 Å². The summed E-state index contributed by atoms with van der Waals surface area (Å²) in [7, 11) is 1.22. The summed E-state index contributed by atoms with van der Waals surface area (Å²) in [6, 6.07) is 3.14. The van der Waals surface area contributed by atoms with E-state index in [1.165, 1.54) is 13.2 Å². The van der Waals surface area contributed by atoms with E-state index >= 15 is 0 Å². The van der Waals surface area contributed by atoms with Gasteiger partial charge in [0.1, 0.15) is 17.7 Å². The lowest BCUT2D eigenvalue weighted by Gasteiger charge is -1.98. The van der Waals surface area contributed by atoms with Crippen molar-refractivity contribution in [2.45, 2.75) is 12.2 Å². The summed E-state index contributed by atoms with van der Waals surface area (Å²) < 4.78 is 35.2. The second-order valence-electron chi connectivity index (χ2n) is 3.17. The predicted molar refractivity (Wildman–Crippen MR) is 46.0 cm³/mol. The molecule has 0 bridgehead atoms. The maximum atomic E-state index is 13.2. The van der Waals surface area contributed by atoms with E-state index < -0.39 is 29.8 Å². The summed E-state index contributed by atoms with van der Waals surface area (Å²) in [4.78, 5) is 11.0. The number of carbonyl (C=O) groups is 1. The van der Waals surface area contributed by atoms with E-state index in [0.717, 1.165) is 12.1 Å². The highest BCUT2D eigenvalue weighted by atomic mass is 19.1. The van der Waals surface area contributed by atoms with E-state index in [1.54, 1.807) is 0 Å². The van der Waals surface area contributed by atoms with Crippen LogP contribution in [0.25, 0.3) is 0 Å². The first-order valence-electron chi connectivity index (χ1n) is 4.31. The maximum absolute atomic E-state index is 13.2. The summed E-state index contributed by atoms with van der Waals surface area (Å²) in [6.07, 6.45) is -1.42. The van der Waals surface area contributed by atoms with E-state index in [0.29, 0.717) is 0 Å². The first-order valence-corrected chi connectivity index (χ1v) is 4.31. The Morgan fingerprint density at radius 2 is 2.20 bits per heavy atom. The topological polar surface area (TPSA) is 38.8 Å². The Kier molecular flexibility index (Phi) is 2.40. The lowest BCUT2D eigenvalue weighted by molar-refractivity contribution is -0.142. The highest BCUT2D eigenvalue weighted by Crippen LogP contribution is 2.40. The van der Waals surface area contributed by atoms with Crippen LogP contribution in [0.3, 0.4) is 0 Å². The van der Waals surface area contributed by atoms with Crippen LogP contribution in [-0.2, 0) is 14.3 Å². The zero-order chi connectivity index (χ0) is 11.0. The van der Waals surface area contributed by atoms with Crippen molar-refractivity contribution in [1.82, 2.24) is 0 Å². The third-order valence-corrected chi connectivity index (χ3v) is 2.19. The normalized spacial score (nSPS) is 23.7. The molecule has 1 aromatic carbocycles. The van der Waals surface area contributed by atoms with Gasteiger partial charge in [0.25, 0.3) is 0 Å². The van der Waals surface area contributed by atoms with Crippen LogP contribution in [0.15, 0.2) is 18.2 Å². The lowest BCUT2D eigenvalue weighted by atomic mass is 10.1. The van der Waals surface area contributed by atoms with E-state index in [2.05, 4.69) is 4.74 Å². The third kappa shape index (κ3) is 1.83. The molecule has 2 rings (SSSR count). The Bertz CT molecular complexity index is 406. The summed E-state index contributed by atoms with van der Waals surface area (Å²) in [5.74, 6) is -1.93. The maximum Gasteiger partial charge on any atom is 0.338 e. The molecule has 0 aromatic heterocycles. The Morgan fingerprint density at radius 3 is 2.80 bits per heavy atom. The number of hydrogen-bond acceptors (Lipinski definition) is 3. The summed E-state index contributed by atoms with van der Waals surface area (Å²) >= 11 is 0. The summed E-state index contributed by atoms with van der Waals surface area (Å²) in [6.45, 7) is 0. The number of hydrogen-bond donors (Lipinski definition) is 0. The molecule has 0 saturated carbocycles. The fourth-order valence-corrected chi connectivity index (χ4v) is 1.38. The minimum atomic E-state index is -0.769. The van der Waals surface area contributed by atoms with E-state index in [-0.39, 0.29) is 5.56 Å². The number of halogens is 2. The lowest BCUT2D eigenvalue weighted by Crippen LogP contribution is -2.09. The largest absolute Gasteiger partial charge is 0.467 e. The van der Waals surface area contributed by atoms with E-state index in [1.807, 2.05) is 0 Å². The number of rotatable bonds is 2. The van der Waals surface area contributed by atoms with Crippen LogP contribution in [0.5, 0.6) is 0 Å². The zero-order valence-corrected chi connectivity index (χ0v) is 7.87. The molecule has 3 nitrogen and oxygen atoms in total. The van der Waals surface area contributed by atoms with Crippen LogP contribution in [0.2, 0.25) is 0 Å². The van der Waals surface area contributed by atoms with Crippen molar-refractivity contribution in [1.29, 1.82) is 0 Å². The van der Waals surface area contributed by atoms with Gasteiger partial charge in [-0.05, 0) is 6.07 Å². The van der Waals surface area contributed by atoms with Crippen molar-refractivity contribution >= 4 is 5.97 Å². The molecule has 0 N–H and O–H groups in total. The number of carbonyl (C=O) groups excluding carboxylic acids is 1. The molecule has 0 spiro atoms. The molecule has 0 radical (unpaired) electrons. The molecule has 1 aliphatic rings. The number of methoxy groups -OCH3 is 1. The van der Waals surface area contributed by atoms with Crippen molar-refractivity contribution in [3.63, 3.8) is 0 Å². The van der Waals surface area contributed by atoms with Gasteiger partial charge in [-0.1, -0.05) is 6.07 Å². The molecule has 80 valence electrons. The number of esters is 1. The second kappa shape index (κ2) is 3.58. The summed E-state index contributed by atoms with van der Waals surface area (Å²) in [5.41, 5.74) is 0.173. The van der Waals surface area contributed by atoms with Crippen molar-refractivity contribution in [3.8, 4) is 0 Å². The van der Waals surface area contributed by atoms with Crippen molar-refractivity contribution in [2.24, 2.45) is 0 Å². The van der Waals surface area contributed by atoms with Crippen LogP contribution in [0, 0.1) is 11.6 Å². The Hall–Kier alpha value is -1.49. The molecule has 5 heteroatoms. The Labute approximate surface area is 84.6 Å². The molecule has 2 unspecified atom stereocenters. The molecule has 0 aliphatic carbocycles. The highest BCUT2D eigenvalue weighted by molar-refractivity contribution is 5.78. The van der Waals surface area contributed by atoms with Gasteiger partial charge in [0, 0.05) is 11.6 Å². The van der Waals surface area contributed by atoms with E-state index in [4.69, 9.17) is 4.74 Å². The van der Waals surface area contributed by atoms with Gasteiger partial charge in [-0.15, -0.1) is 0 Å². The molecule has 1 saturated heterocycles. The average Bonchev–Trinajstić information content (AvgIpc) is 2.96. The molecule has 1 aliphatic heterocycles. The molecular weight excluding hydrogens is 206 g/mol. The van der Waals surface area contributed by atoms with Crippen molar-refractivity contribution in [2.75, 3.05) is 7.11 Å². The molecule has 1 heterocycles.